The molecule has 0 aliphatic heterocycles. The van der Waals surface area contributed by atoms with E-state index in [1.165, 1.54) is 0 Å². The van der Waals surface area contributed by atoms with E-state index in [1.54, 1.807) is 6.92 Å². The number of fused-ring (bicyclic) bond motifs is 1. The third-order valence-corrected chi connectivity index (χ3v) is 3.19. The van der Waals surface area contributed by atoms with Crippen LogP contribution >= 0.6 is 0 Å². The van der Waals surface area contributed by atoms with Gasteiger partial charge >= 0.3 is 5.97 Å². The largest absolute Gasteiger partial charge is 0.466 e. The molecule has 0 amide bonds. The first-order valence-electron chi connectivity index (χ1n) is 5.76. The van der Waals surface area contributed by atoms with Gasteiger partial charge in [-0.2, -0.15) is 0 Å². The molecule has 1 aliphatic carbocycles. The Labute approximate surface area is 99.8 Å². The second-order valence-corrected chi connectivity index (χ2v) is 4.29. The minimum atomic E-state index is -0.357. The number of ketones is 1. The number of carbonyl (C=O) groups excluding carboxylic acids is 2. The molecule has 0 radical (unpaired) electrons. The van der Waals surface area contributed by atoms with E-state index in [9.17, 15) is 9.59 Å². The SMILES string of the molecule is CCOC(=O)[C@@H]1CC(=O)c2nc(C)n(C)c2C1. The van der Waals surface area contributed by atoms with E-state index < -0.39 is 0 Å². The Morgan fingerprint density at radius 2 is 2.24 bits per heavy atom. The highest BCUT2D eigenvalue weighted by Gasteiger charge is 2.34. The van der Waals surface area contributed by atoms with Gasteiger partial charge in [0.25, 0.3) is 0 Å². The molecule has 0 aromatic carbocycles. The molecule has 0 spiro atoms. The van der Waals surface area contributed by atoms with E-state index in [1.807, 2.05) is 18.5 Å². The van der Waals surface area contributed by atoms with Crippen molar-refractivity contribution in [3.05, 3.63) is 17.2 Å². The van der Waals surface area contributed by atoms with Crippen molar-refractivity contribution in [2.75, 3.05) is 6.61 Å². The Morgan fingerprint density at radius 3 is 2.88 bits per heavy atom. The van der Waals surface area contributed by atoms with Crippen LogP contribution in [-0.4, -0.2) is 27.9 Å². The molecule has 0 bridgehead atoms. The summed E-state index contributed by atoms with van der Waals surface area (Å²) in [7, 11) is 1.86. The molecule has 1 aromatic heterocycles. The summed E-state index contributed by atoms with van der Waals surface area (Å²) in [5.74, 6) is 0.0935. The number of hydrogen-bond donors (Lipinski definition) is 0. The van der Waals surface area contributed by atoms with Crippen LogP contribution in [0.3, 0.4) is 0 Å². The van der Waals surface area contributed by atoms with Crippen LogP contribution in [0.1, 0.15) is 35.4 Å². The number of esters is 1. The molecule has 1 heterocycles. The third-order valence-electron chi connectivity index (χ3n) is 3.19. The minimum Gasteiger partial charge on any atom is -0.466 e. The van der Waals surface area contributed by atoms with Crippen LogP contribution in [0.4, 0.5) is 0 Å². The standard InChI is InChI=1S/C12H16N2O3/c1-4-17-12(16)8-5-9-11(10(15)6-8)13-7(2)14(9)3/h8H,4-6H2,1-3H3/t8-/m0/s1. The molecule has 0 saturated carbocycles. The summed E-state index contributed by atoms with van der Waals surface area (Å²) in [6.45, 7) is 3.97. The Bertz CT molecular complexity index is 476. The topological polar surface area (TPSA) is 61.2 Å². The number of nitrogens with zero attached hydrogens (tertiary/aromatic N) is 2. The van der Waals surface area contributed by atoms with Crippen molar-refractivity contribution in [2.24, 2.45) is 13.0 Å². The molecule has 0 N–H and O–H groups in total. The van der Waals surface area contributed by atoms with Crippen LogP contribution in [-0.2, 0) is 23.0 Å². The third kappa shape index (κ3) is 1.97. The molecule has 92 valence electrons. The second kappa shape index (κ2) is 4.31. The van der Waals surface area contributed by atoms with Gasteiger partial charge in [-0.25, -0.2) is 4.98 Å². The summed E-state index contributed by atoms with van der Waals surface area (Å²) in [6, 6.07) is 0. The average molecular weight is 236 g/mol. The second-order valence-electron chi connectivity index (χ2n) is 4.29. The fraction of sp³-hybridized carbons (Fsp3) is 0.583. The number of Topliss-reactive ketones (excluding diaryl/α,β-unsaturated/α-hetero) is 1. The molecule has 5 heteroatoms. The van der Waals surface area contributed by atoms with Crippen molar-refractivity contribution >= 4 is 11.8 Å². The van der Waals surface area contributed by atoms with E-state index in [-0.39, 0.29) is 24.1 Å². The number of ether oxygens (including phenoxy) is 1. The molecule has 0 unspecified atom stereocenters. The molecular weight excluding hydrogens is 220 g/mol. The number of aryl methyl sites for hydroxylation is 1. The van der Waals surface area contributed by atoms with E-state index in [0.29, 0.717) is 18.7 Å². The fourth-order valence-corrected chi connectivity index (χ4v) is 2.17. The van der Waals surface area contributed by atoms with E-state index in [0.717, 1.165) is 11.5 Å². The maximum Gasteiger partial charge on any atom is 0.309 e. The van der Waals surface area contributed by atoms with Gasteiger partial charge in [-0.05, 0) is 13.8 Å². The van der Waals surface area contributed by atoms with Crippen molar-refractivity contribution in [3.63, 3.8) is 0 Å². The number of carbonyl (C=O) groups is 2. The lowest BCUT2D eigenvalue weighted by atomic mass is 9.89. The summed E-state index contributed by atoms with van der Waals surface area (Å²) in [5, 5.41) is 0. The monoisotopic (exact) mass is 236 g/mol. The fourth-order valence-electron chi connectivity index (χ4n) is 2.17. The molecular formula is C12H16N2O3. The Kier molecular flexibility index (Phi) is 3.00. The van der Waals surface area contributed by atoms with Gasteiger partial charge in [-0.15, -0.1) is 0 Å². The highest BCUT2D eigenvalue weighted by atomic mass is 16.5. The van der Waals surface area contributed by atoms with Gasteiger partial charge in [0.2, 0.25) is 0 Å². The van der Waals surface area contributed by atoms with Gasteiger partial charge in [0.15, 0.2) is 5.78 Å². The molecule has 5 nitrogen and oxygen atoms in total. The smallest absolute Gasteiger partial charge is 0.309 e. The highest BCUT2D eigenvalue weighted by molar-refractivity contribution is 5.99. The molecule has 17 heavy (non-hydrogen) atoms. The van der Waals surface area contributed by atoms with Crippen LogP contribution in [0.2, 0.25) is 0 Å². The predicted octanol–water partition coefficient (Wildman–Crippen LogP) is 1.04. The Hall–Kier alpha value is -1.65. The summed E-state index contributed by atoms with van der Waals surface area (Å²) >= 11 is 0. The van der Waals surface area contributed by atoms with Gasteiger partial charge in [-0.3, -0.25) is 9.59 Å². The maximum atomic E-state index is 11.9. The van der Waals surface area contributed by atoms with Gasteiger partial charge in [-0.1, -0.05) is 0 Å². The van der Waals surface area contributed by atoms with Crippen molar-refractivity contribution in [1.29, 1.82) is 0 Å². The zero-order valence-corrected chi connectivity index (χ0v) is 10.3. The minimum absolute atomic E-state index is 0.0620. The van der Waals surface area contributed by atoms with Crippen LogP contribution in [0, 0.1) is 12.8 Å². The first kappa shape index (κ1) is 11.8. The lowest BCUT2D eigenvalue weighted by Crippen LogP contribution is -2.29. The normalized spacial score (nSPS) is 19.0. The molecule has 1 aliphatic rings. The molecule has 1 atom stereocenters. The van der Waals surface area contributed by atoms with Gasteiger partial charge in [0.1, 0.15) is 11.5 Å². The molecule has 2 rings (SSSR count). The zero-order chi connectivity index (χ0) is 12.6. The van der Waals surface area contributed by atoms with Crippen LogP contribution in [0.15, 0.2) is 0 Å². The first-order valence-corrected chi connectivity index (χ1v) is 5.76. The van der Waals surface area contributed by atoms with Gasteiger partial charge in [0.05, 0.1) is 12.5 Å². The quantitative estimate of drug-likeness (QED) is 0.720. The van der Waals surface area contributed by atoms with Crippen molar-refractivity contribution in [2.45, 2.75) is 26.7 Å². The lowest BCUT2D eigenvalue weighted by Gasteiger charge is -2.19. The Morgan fingerprint density at radius 1 is 1.53 bits per heavy atom. The molecule has 0 saturated heterocycles. The van der Waals surface area contributed by atoms with Crippen LogP contribution in [0.25, 0.3) is 0 Å². The number of aromatic nitrogens is 2. The van der Waals surface area contributed by atoms with Gasteiger partial charge in [0, 0.05) is 25.6 Å². The van der Waals surface area contributed by atoms with Crippen LogP contribution in [0.5, 0.6) is 0 Å². The predicted molar refractivity (Wildman–Crippen MR) is 60.7 cm³/mol. The van der Waals surface area contributed by atoms with E-state index >= 15 is 0 Å². The van der Waals surface area contributed by atoms with Gasteiger partial charge < -0.3 is 9.30 Å². The number of rotatable bonds is 2. The number of hydrogen-bond acceptors (Lipinski definition) is 4. The first-order chi connectivity index (χ1) is 8.04. The zero-order valence-electron chi connectivity index (χ0n) is 10.3. The van der Waals surface area contributed by atoms with E-state index in [4.69, 9.17) is 4.74 Å². The number of imidazole rings is 1. The summed E-state index contributed by atoms with van der Waals surface area (Å²) < 4.78 is 6.84. The lowest BCUT2D eigenvalue weighted by molar-refractivity contribution is -0.148. The molecule has 0 fully saturated rings. The Balaban J connectivity index is 2.29. The summed E-state index contributed by atoms with van der Waals surface area (Å²) in [5.41, 5.74) is 1.36. The highest BCUT2D eigenvalue weighted by Crippen LogP contribution is 2.26. The average Bonchev–Trinajstić information content (AvgIpc) is 2.57. The van der Waals surface area contributed by atoms with Crippen molar-refractivity contribution in [1.82, 2.24) is 9.55 Å². The molecule has 1 aromatic rings. The van der Waals surface area contributed by atoms with E-state index in [2.05, 4.69) is 4.98 Å². The summed E-state index contributed by atoms with van der Waals surface area (Å²) in [6.07, 6.45) is 0.750. The van der Waals surface area contributed by atoms with Crippen molar-refractivity contribution < 1.29 is 14.3 Å². The van der Waals surface area contributed by atoms with Crippen molar-refractivity contribution in [3.8, 4) is 0 Å². The summed E-state index contributed by atoms with van der Waals surface area (Å²) in [4.78, 5) is 27.8. The maximum absolute atomic E-state index is 11.9. The van der Waals surface area contributed by atoms with Crippen LogP contribution < -0.4 is 0 Å².